The zero-order chi connectivity index (χ0) is 15.9. The molecule has 1 aliphatic heterocycles. The van der Waals surface area contributed by atoms with Crippen LogP contribution in [0.15, 0.2) is 45.8 Å². The molecule has 0 spiro atoms. The van der Waals surface area contributed by atoms with Crippen LogP contribution in [0, 0.1) is 6.92 Å². The Bertz CT molecular complexity index is 831. The first-order valence-electron chi connectivity index (χ1n) is 7.35. The Morgan fingerprint density at radius 3 is 2.68 bits per heavy atom. The summed E-state index contributed by atoms with van der Waals surface area (Å²) in [6.45, 7) is 4.51. The van der Waals surface area contributed by atoms with E-state index in [1.54, 1.807) is 10.4 Å². The Kier molecular flexibility index (Phi) is 4.03. The third-order valence-corrected chi connectivity index (χ3v) is 6.85. The lowest BCUT2D eigenvalue weighted by atomic mass is 10.1. The topological polar surface area (TPSA) is 37.4 Å². The quantitative estimate of drug-likeness (QED) is 0.805. The van der Waals surface area contributed by atoms with E-state index < -0.39 is 10.0 Å². The van der Waals surface area contributed by atoms with E-state index in [4.69, 9.17) is 0 Å². The van der Waals surface area contributed by atoms with Crippen molar-refractivity contribution in [1.29, 1.82) is 0 Å². The summed E-state index contributed by atoms with van der Waals surface area (Å²) in [7, 11) is -3.55. The molecule has 2 aromatic carbocycles. The lowest BCUT2D eigenvalue weighted by Gasteiger charge is -2.22. The fraction of sp³-hybridized carbons (Fsp3) is 0.294. The van der Waals surface area contributed by atoms with Crippen molar-refractivity contribution in [3.8, 4) is 0 Å². The monoisotopic (exact) mass is 379 g/mol. The van der Waals surface area contributed by atoms with Crippen molar-refractivity contribution >= 4 is 31.6 Å². The number of halogens is 1. The van der Waals surface area contributed by atoms with Crippen LogP contribution in [0.1, 0.15) is 23.6 Å². The van der Waals surface area contributed by atoms with Gasteiger partial charge < -0.3 is 0 Å². The Labute approximate surface area is 140 Å². The van der Waals surface area contributed by atoms with Gasteiger partial charge in [0.25, 0.3) is 10.0 Å². The first kappa shape index (κ1) is 15.6. The summed E-state index contributed by atoms with van der Waals surface area (Å²) >= 11 is 3.40. The van der Waals surface area contributed by atoms with Crippen molar-refractivity contribution in [2.24, 2.45) is 0 Å². The van der Waals surface area contributed by atoms with Gasteiger partial charge in [-0.3, -0.25) is 4.31 Å². The van der Waals surface area contributed by atoms with Crippen molar-refractivity contribution in [1.82, 2.24) is 0 Å². The van der Waals surface area contributed by atoms with E-state index in [0.717, 1.165) is 35.2 Å². The molecule has 0 radical (unpaired) electrons. The van der Waals surface area contributed by atoms with Gasteiger partial charge in [-0.25, -0.2) is 8.42 Å². The molecule has 0 saturated heterocycles. The van der Waals surface area contributed by atoms with E-state index in [1.807, 2.05) is 37.3 Å². The van der Waals surface area contributed by atoms with Crippen LogP contribution >= 0.6 is 15.9 Å². The maximum atomic E-state index is 13.1. The highest BCUT2D eigenvalue weighted by atomic mass is 79.9. The normalized spacial score (nSPS) is 14.2. The predicted molar refractivity (Wildman–Crippen MR) is 92.9 cm³/mol. The lowest BCUT2D eigenvalue weighted by molar-refractivity contribution is 0.591. The maximum absolute atomic E-state index is 13.1. The zero-order valence-electron chi connectivity index (χ0n) is 12.6. The second-order valence-corrected chi connectivity index (χ2v) is 8.22. The molecule has 3 rings (SSSR count). The van der Waals surface area contributed by atoms with Gasteiger partial charge in [0.15, 0.2) is 0 Å². The molecule has 1 aliphatic rings. The first-order valence-corrected chi connectivity index (χ1v) is 9.58. The summed E-state index contributed by atoms with van der Waals surface area (Å²) in [6.07, 6.45) is 1.59. The van der Waals surface area contributed by atoms with Crippen molar-refractivity contribution in [2.75, 3.05) is 10.8 Å². The minimum absolute atomic E-state index is 0.330. The molecule has 0 amide bonds. The Morgan fingerprint density at radius 1 is 1.23 bits per heavy atom. The highest BCUT2D eigenvalue weighted by Gasteiger charge is 2.33. The Balaban J connectivity index is 2.14. The van der Waals surface area contributed by atoms with Gasteiger partial charge >= 0.3 is 0 Å². The second kappa shape index (κ2) is 5.70. The predicted octanol–water partition coefficient (Wildman–Crippen LogP) is 4.07. The van der Waals surface area contributed by atoms with Crippen LogP contribution in [0.5, 0.6) is 0 Å². The second-order valence-electron chi connectivity index (χ2n) is 5.54. The molecule has 0 atom stereocenters. The van der Waals surface area contributed by atoms with Gasteiger partial charge in [-0.2, -0.15) is 0 Å². The molecular weight excluding hydrogens is 362 g/mol. The van der Waals surface area contributed by atoms with E-state index in [2.05, 4.69) is 22.9 Å². The minimum Gasteiger partial charge on any atom is -0.265 e. The number of aryl methyl sites for hydroxylation is 2. The summed E-state index contributed by atoms with van der Waals surface area (Å²) < 4.78 is 28.4. The highest BCUT2D eigenvalue weighted by molar-refractivity contribution is 9.10. The molecule has 22 heavy (non-hydrogen) atoms. The smallest absolute Gasteiger partial charge is 0.265 e. The molecule has 2 aromatic rings. The number of rotatable bonds is 3. The van der Waals surface area contributed by atoms with Gasteiger partial charge in [0.2, 0.25) is 0 Å². The minimum atomic E-state index is -3.55. The molecule has 3 nitrogen and oxygen atoms in total. The highest BCUT2D eigenvalue weighted by Crippen LogP contribution is 2.37. The summed E-state index contributed by atoms with van der Waals surface area (Å²) in [4.78, 5) is 0.330. The maximum Gasteiger partial charge on any atom is 0.265 e. The Hall–Kier alpha value is -1.33. The van der Waals surface area contributed by atoms with Crippen molar-refractivity contribution in [3.63, 3.8) is 0 Å². The number of hydrogen-bond donors (Lipinski definition) is 0. The molecule has 0 bridgehead atoms. The van der Waals surface area contributed by atoms with E-state index in [-0.39, 0.29) is 0 Å². The van der Waals surface area contributed by atoms with Gasteiger partial charge in [-0.1, -0.05) is 31.2 Å². The lowest BCUT2D eigenvalue weighted by Crippen LogP contribution is -2.30. The van der Waals surface area contributed by atoms with E-state index >= 15 is 0 Å². The summed E-state index contributed by atoms with van der Waals surface area (Å²) in [5.74, 6) is 0. The number of fused-ring (bicyclic) bond motifs is 1. The summed E-state index contributed by atoms with van der Waals surface area (Å²) in [5.41, 5.74) is 4.10. The number of hydrogen-bond acceptors (Lipinski definition) is 2. The number of sulfonamides is 1. The molecule has 0 aliphatic carbocycles. The standard InChI is InChI=1S/C17H18BrNO2S/c1-3-13-5-4-6-14-9-10-19(17(13)14)22(20,21)16-8-7-12(2)11-15(16)18/h4-8,11H,3,9-10H2,1-2H3. The van der Waals surface area contributed by atoms with Crippen molar-refractivity contribution in [3.05, 3.63) is 57.6 Å². The third-order valence-electron chi connectivity index (χ3n) is 4.07. The molecular formula is C17H18BrNO2S. The number of nitrogens with zero attached hydrogens (tertiary/aromatic N) is 1. The summed E-state index contributed by atoms with van der Waals surface area (Å²) in [6, 6.07) is 11.4. The number of para-hydroxylation sites is 1. The molecule has 0 unspecified atom stereocenters. The summed E-state index contributed by atoms with van der Waals surface area (Å²) in [5, 5.41) is 0. The molecule has 0 aromatic heterocycles. The van der Waals surface area contributed by atoms with Crippen LogP contribution in [0.4, 0.5) is 5.69 Å². The van der Waals surface area contributed by atoms with Crippen LogP contribution < -0.4 is 4.31 Å². The van der Waals surface area contributed by atoms with Crippen molar-refractivity contribution < 1.29 is 8.42 Å². The van der Waals surface area contributed by atoms with Gasteiger partial charge in [0.1, 0.15) is 4.90 Å². The SMILES string of the molecule is CCc1cccc2c1N(S(=O)(=O)c1ccc(C)cc1Br)CC2. The third kappa shape index (κ3) is 2.46. The largest absolute Gasteiger partial charge is 0.265 e. The van der Waals surface area contributed by atoms with Crippen LogP contribution in [0.25, 0.3) is 0 Å². The van der Waals surface area contributed by atoms with E-state index in [9.17, 15) is 8.42 Å². The molecule has 5 heteroatoms. The van der Waals surface area contributed by atoms with Gasteiger partial charge in [0, 0.05) is 11.0 Å². The fourth-order valence-electron chi connectivity index (χ4n) is 2.96. The van der Waals surface area contributed by atoms with Crippen LogP contribution in [0.2, 0.25) is 0 Å². The number of benzene rings is 2. The molecule has 1 heterocycles. The van der Waals surface area contributed by atoms with E-state index in [1.165, 1.54) is 0 Å². The van der Waals surface area contributed by atoms with E-state index in [0.29, 0.717) is 15.9 Å². The Morgan fingerprint density at radius 2 is 2.00 bits per heavy atom. The first-order chi connectivity index (χ1) is 10.4. The molecule has 0 fully saturated rings. The van der Waals surface area contributed by atoms with Crippen LogP contribution in [-0.2, 0) is 22.9 Å². The average molecular weight is 380 g/mol. The fourth-order valence-corrected chi connectivity index (χ4v) is 5.66. The average Bonchev–Trinajstić information content (AvgIpc) is 2.91. The van der Waals surface area contributed by atoms with Gasteiger partial charge in [-0.15, -0.1) is 0 Å². The molecule has 0 saturated carbocycles. The van der Waals surface area contributed by atoms with Gasteiger partial charge in [-0.05, 0) is 64.5 Å². The molecule has 0 N–H and O–H groups in total. The van der Waals surface area contributed by atoms with Crippen LogP contribution in [0.3, 0.4) is 0 Å². The van der Waals surface area contributed by atoms with Gasteiger partial charge in [0.05, 0.1) is 5.69 Å². The van der Waals surface area contributed by atoms with Crippen molar-refractivity contribution in [2.45, 2.75) is 31.6 Å². The zero-order valence-corrected chi connectivity index (χ0v) is 15.0. The number of anilines is 1. The van der Waals surface area contributed by atoms with Crippen LogP contribution in [-0.4, -0.2) is 15.0 Å². The molecule has 116 valence electrons.